The number of nitrogen functional groups attached to an aromatic ring is 1. The van der Waals surface area contributed by atoms with Crippen molar-refractivity contribution >= 4 is 49.1 Å². The van der Waals surface area contributed by atoms with Crippen molar-refractivity contribution in [3.05, 3.63) is 46.0 Å². The van der Waals surface area contributed by atoms with Crippen molar-refractivity contribution in [2.45, 2.75) is 4.90 Å². The summed E-state index contributed by atoms with van der Waals surface area (Å²) in [6.07, 6.45) is 1.45. The first-order chi connectivity index (χ1) is 8.90. The molecule has 0 radical (unpaired) electrons. The molecule has 0 saturated heterocycles. The summed E-state index contributed by atoms with van der Waals surface area (Å²) in [5.41, 5.74) is 6.07. The van der Waals surface area contributed by atoms with Gasteiger partial charge in [-0.3, -0.25) is 4.72 Å². The monoisotopic (exact) mass is 361 g/mol. The van der Waals surface area contributed by atoms with Gasteiger partial charge in [0.15, 0.2) is 5.82 Å². The molecule has 0 aliphatic heterocycles. The zero-order valence-electron chi connectivity index (χ0n) is 9.47. The average molecular weight is 363 g/mol. The van der Waals surface area contributed by atoms with Crippen molar-refractivity contribution < 1.29 is 8.42 Å². The Morgan fingerprint density at radius 1 is 1.32 bits per heavy atom. The Hall–Kier alpha value is -1.31. The molecule has 0 unspecified atom stereocenters. The van der Waals surface area contributed by atoms with Crippen LogP contribution in [0.4, 0.5) is 11.5 Å². The maximum Gasteiger partial charge on any atom is 0.263 e. The minimum absolute atomic E-state index is 0.0651. The van der Waals surface area contributed by atoms with Crippen LogP contribution in [0.3, 0.4) is 0 Å². The van der Waals surface area contributed by atoms with Gasteiger partial charge in [0.05, 0.1) is 9.92 Å². The van der Waals surface area contributed by atoms with Crippen molar-refractivity contribution in [3.8, 4) is 0 Å². The molecule has 2 rings (SSSR count). The van der Waals surface area contributed by atoms with E-state index in [9.17, 15) is 8.42 Å². The number of nitrogens with two attached hydrogens (primary N) is 1. The largest absolute Gasteiger partial charge is 0.398 e. The van der Waals surface area contributed by atoms with Crippen LogP contribution in [0, 0.1) is 0 Å². The van der Waals surface area contributed by atoms with E-state index in [-0.39, 0.29) is 15.7 Å². The summed E-state index contributed by atoms with van der Waals surface area (Å²) < 4.78 is 27.1. The number of hydrogen-bond donors (Lipinski definition) is 2. The topological polar surface area (TPSA) is 85.1 Å². The predicted octanol–water partition coefficient (Wildman–Crippen LogP) is 2.88. The second-order valence-corrected chi connectivity index (χ2v) is 6.57. The van der Waals surface area contributed by atoms with Crippen LogP contribution >= 0.6 is 27.5 Å². The van der Waals surface area contributed by atoms with Crippen LogP contribution in [0.1, 0.15) is 0 Å². The second kappa shape index (κ2) is 5.36. The quantitative estimate of drug-likeness (QED) is 0.822. The molecule has 0 aliphatic carbocycles. The SMILES string of the molecule is Nc1ccc(S(=O)(=O)Nc2ncccc2Cl)cc1Br. The van der Waals surface area contributed by atoms with E-state index < -0.39 is 10.0 Å². The number of sulfonamides is 1. The summed E-state index contributed by atoms with van der Waals surface area (Å²) in [4.78, 5) is 3.94. The van der Waals surface area contributed by atoms with Gasteiger partial charge < -0.3 is 5.73 Å². The highest BCUT2D eigenvalue weighted by molar-refractivity contribution is 9.10. The van der Waals surface area contributed by atoms with Crippen LogP contribution in [0.5, 0.6) is 0 Å². The zero-order chi connectivity index (χ0) is 14.0. The summed E-state index contributed by atoms with van der Waals surface area (Å²) in [5.74, 6) is 0.0807. The first kappa shape index (κ1) is 14.1. The van der Waals surface area contributed by atoms with Crippen molar-refractivity contribution in [2.75, 3.05) is 10.5 Å². The molecule has 1 aromatic heterocycles. The highest BCUT2D eigenvalue weighted by Crippen LogP contribution is 2.26. The van der Waals surface area contributed by atoms with Gasteiger partial charge in [-0.05, 0) is 46.3 Å². The predicted molar refractivity (Wildman–Crippen MR) is 78.6 cm³/mol. The fourth-order valence-electron chi connectivity index (χ4n) is 1.32. The lowest BCUT2D eigenvalue weighted by Gasteiger charge is -2.09. The molecular formula is C11H9BrClN3O2S. The zero-order valence-corrected chi connectivity index (χ0v) is 12.6. The molecule has 100 valence electrons. The molecule has 2 aromatic rings. The summed E-state index contributed by atoms with van der Waals surface area (Å²) in [7, 11) is -3.76. The minimum atomic E-state index is -3.76. The second-order valence-electron chi connectivity index (χ2n) is 3.62. The molecule has 0 amide bonds. The molecule has 5 nitrogen and oxygen atoms in total. The molecule has 0 spiro atoms. The first-order valence-corrected chi connectivity index (χ1v) is 7.74. The van der Waals surface area contributed by atoms with Crippen LogP contribution in [0.25, 0.3) is 0 Å². The number of pyridine rings is 1. The van der Waals surface area contributed by atoms with Crippen molar-refractivity contribution in [3.63, 3.8) is 0 Å². The number of halogens is 2. The van der Waals surface area contributed by atoms with E-state index in [2.05, 4.69) is 25.6 Å². The molecule has 0 fully saturated rings. The van der Waals surface area contributed by atoms with E-state index in [0.29, 0.717) is 10.2 Å². The number of hydrogen-bond acceptors (Lipinski definition) is 4. The normalized spacial score (nSPS) is 11.3. The maximum atomic E-state index is 12.1. The Bertz CT molecular complexity index is 722. The number of aromatic nitrogens is 1. The fourth-order valence-corrected chi connectivity index (χ4v) is 3.13. The van der Waals surface area contributed by atoms with E-state index in [1.807, 2.05) is 0 Å². The maximum absolute atomic E-state index is 12.1. The van der Waals surface area contributed by atoms with Gasteiger partial charge in [0.25, 0.3) is 10.0 Å². The third kappa shape index (κ3) is 3.17. The average Bonchev–Trinajstić information content (AvgIpc) is 2.35. The Balaban J connectivity index is 2.38. The number of nitrogens with one attached hydrogen (secondary N) is 1. The minimum Gasteiger partial charge on any atom is -0.398 e. The van der Waals surface area contributed by atoms with E-state index >= 15 is 0 Å². The third-order valence-corrected chi connectivity index (χ3v) is 4.60. The molecule has 0 saturated carbocycles. The van der Waals surface area contributed by atoms with E-state index in [0.717, 1.165) is 0 Å². The van der Waals surface area contributed by atoms with Crippen molar-refractivity contribution in [1.82, 2.24) is 4.98 Å². The van der Waals surface area contributed by atoms with Gasteiger partial charge in [-0.15, -0.1) is 0 Å². The van der Waals surface area contributed by atoms with Gasteiger partial charge in [-0.2, -0.15) is 0 Å². The van der Waals surface area contributed by atoms with Gasteiger partial charge in [-0.1, -0.05) is 11.6 Å². The lowest BCUT2D eigenvalue weighted by atomic mass is 10.3. The Morgan fingerprint density at radius 2 is 2.05 bits per heavy atom. The molecule has 0 atom stereocenters. The molecule has 8 heteroatoms. The van der Waals surface area contributed by atoms with Crippen molar-refractivity contribution in [2.24, 2.45) is 0 Å². The smallest absolute Gasteiger partial charge is 0.263 e. The fraction of sp³-hybridized carbons (Fsp3) is 0. The molecule has 19 heavy (non-hydrogen) atoms. The summed E-state index contributed by atoms with van der Waals surface area (Å²) >= 11 is 9.04. The lowest BCUT2D eigenvalue weighted by molar-refractivity contribution is 0.601. The van der Waals surface area contributed by atoms with Crippen LogP contribution in [-0.4, -0.2) is 13.4 Å². The molecule has 0 bridgehead atoms. The number of benzene rings is 1. The van der Waals surface area contributed by atoms with E-state index in [1.54, 1.807) is 12.1 Å². The summed E-state index contributed by atoms with van der Waals surface area (Å²) in [6.45, 7) is 0. The van der Waals surface area contributed by atoms with Gasteiger partial charge in [0.2, 0.25) is 0 Å². The summed E-state index contributed by atoms with van der Waals surface area (Å²) in [6, 6.07) is 7.47. The Kier molecular flexibility index (Phi) is 3.98. The molecule has 3 N–H and O–H groups in total. The standard InChI is InChI=1S/C11H9BrClN3O2S/c12-8-6-7(3-4-10(8)14)19(17,18)16-11-9(13)2-1-5-15-11/h1-6H,14H2,(H,15,16). The van der Waals surface area contributed by atoms with E-state index in [4.69, 9.17) is 17.3 Å². The molecule has 1 aromatic carbocycles. The highest BCUT2D eigenvalue weighted by atomic mass is 79.9. The molecular weight excluding hydrogens is 354 g/mol. The Labute approximate surface area is 124 Å². The lowest BCUT2D eigenvalue weighted by Crippen LogP contribution is -2.14. The molecule has 1 heterocycles. The molecule has 0 aliphatic rings. The van der Waals surface area contributed by atoms with Crippen LogP contribution in [0.2, 0.25) is 5.02 Å². The van der Waals surface area contributed by atoms with Crippen LogP contribution in [-0.2, 0) is 10.0 Å². The van der Waals surface area contributed by atoms with Gasteiger partial charge in [-0.25, -0.2) is 13.4 Å². The highest BCUT2D eigenvalue weighted by Gasteiger charge is 2.17. The van der Waals surface area contributed by atoms with Gasteiger partial charge in [0.1, 0.15) is 0 Å². The van der Waals surface area contributed by atoms with Crippen molar-refractivity contribution in [1.29, 1.82) is 0 Å². The van der Waals surface area contributed by atoms with E-state index in [1.165, 1.54) is 24.4 Å². The third-order valence-electron chi connectivity index (χ3n) is 2.27. The van der Waals surface area contributed by atoms with Gasteiger partial charge >= 0.3 is 0 Å². The Morgan fingerprint density at radius 3 is 2.68 bits per heavy atom. The first-order valence-electron chi connectivity index (χ1n) is 5.08. The number of anilines is 2. The van der Waals surface area contributed by atoms with Crippen LogP contribution < -0.4 is 10.5 Å². The number of rotatable bonds is 3. The van der Waals surface area contributed by atoms with Gasteiger partial charge in [0, 0.05) is 16.4 Å². The number of nitrogens with zero attached hydrogens (tertiary/aromatic N) is 1. The summed E-state index contributed by atoms with van der Waals surface area (Å²) in [5, 5.41) is 0.223. The van der Waals surface area contributed by atoms with Crippen LogP contribution in [0.15, 0.2) is 45.9 Å².